The van der Waals surface area contributed by atoms with E-state index < -0.39 is 27.7 Å². The van der Waals surface area contributed by atoms with Gasteiger partial charge in [0.15, 0.2) is 0 Å². The van der Waals surface area contributed by atoms with Crippen molar-refractivity contribution in [3.8, 4) is 0 Å². The molecule has 0 saturated heterocycles. The van der Waals surface area contributed by atoms with E-state index in [2.05, 4.69) is 15.9 Å². The van der Waals surface area contributed by atoms with Crippen LogP contribution < -0.4 is 0 Å². The van der Waals surface area contributed by atoms with Crippen LogP contribution >= 0.6 is 15.9 Å². The molecule has 0 heterocycles. The van der Waals surface area contributed by atoms with Crippen LogP contribution in [0, 0.1) is 29.3 Å². The van der Waals surface area contributed by atoms with Crippen LogP contribution in [0.5, 0.6) is 0 Å². The van der Waals surface area contributed by atoms with Gasteiger partial charge < -0.3 is 0 Å². The second-order valence-electron chi connectivity index (χ2n) is 1.69. The molecule has 0 radical (unpaired) electrons. The Morgan fingerprint density at radius 3 is 1.58 bits per heavy atom. The van der Waals surface area contributed by atoms with Crippen molar-refractivity contribution in [1.82, 2.24) is 0 Å². The van der Waals surface area contributed by atoms with Gasteiger partial charge in [0.2, 0.25) is 0 Å². The molecule has 0 aliphatic heterocycles. The number of hydrogen-bond acceptors (Lipinski definition) is 0. The molecule has 0 saturated carbocycles. The van der Waals surface area contributed by atoms with Gasteiger partial charge in [-0.25, -0.2) is 8.78 Å². The molecule has 0 aliphatic carbocycles. The summed E-state index contributed by atoms with van der Waals surface area (Å²) in [7, 11) is 0. The summed E-state index contributed by atoms with van der Waals surface area (Å²) in [6.07, 6.45) is 0. The maximum Gasteiger partial charge on any atom is 0.0602 e. The fraction of sp³-hybridized carbons (Fsp3) is 0. The van der Waals surface area contributed by atoms with Gasteiger partial charge in [0.05, 0.1) is 11.6 Å². The summed E-state index contributed by atoms with van der Waals surface area (Å²) in [5.74, 6) is -6.06. The first-order chi connectivity index (χ1) is 5.04. The van der Waals surface area contributed by atoms with Crippen molar-refractivity contribution in [3.63, 3.8) is 0 Å². The van der Waals surface area contributed by atoms with Gasteiger partial charge >= 0.3 is 0 Å². The van der Waals surface area contributed by atoms with E-state index in [9.17, 15) is 17.6 Å². The van der Waals surface area contributed by atoms with E-state index in [4.69, 9.17) is 0 Å². The molecule has 0 nitrogen and oxygen atoms in total. The predicted molar refractivity (Wildman–Crippen MR) is 32.8 cm³/mol. The van der Waals surface area contributed by atoms with E-state index in [0.29, 0.717) is 0 Å². The molecule has 0 fully saturated rings. The second kappa shape index (κ2) is 4.39. The average molecular weight is 276 g/mol. The van der Waals surface area contributed by atoms with E-state index in [0.717, 1.165) is 0 Å². The molecule has 0 unspecified atom stereocenters. The van der Waals surface area contributed by atoms with Crippen molar-refractivity contribution in [1.29, 1.82) is 0 Å². The standard InChI is InChI=1S/C6BrF4.Ti/c7-4-5(10)2(8)1-3(9)6(4)11;/q-1;. The fourth-order valence-electron chi connectivity index (χ4n) is 0.495. The van der Waals surface area contributed by atoms with Crippen LogP contribution in [0.25, 0.3) is 0 Å². The molecule has 1 aromatic rings. The summed E-state index contributed by atoms with van der Waals surface area (Å²) in [5, 5.41) is 0. The first-order valence-corrected chi connectivity index (χ1v) is 3.24. The molecular weight excluding hydrogens is 276 g/mol. The van der Waals surface area contributed by atoms with Gasteiger partial charge in [0, 0.05) is 33.4 Å². The Kier molecular flexibility index (Phi) is 4.44. The summed E-state index contributed by atoms with van der Waals surface area (Å²) >= 11 is 2.33. The van der Waals surface area contributed by atoms with Crippen molar-refractivity contribution >= 4 is 15.9 Å². The molecule has 0 N–H and O–H groups in total. The first-order valence-electron chi connectivity index (χ1n) is 2.44. The molecule has 0 atom stereocenters. The number of rotatable bonds is 0. The number of benzene rings is 1. The first kappa shape index (κ1) is 12.1. The zero-order valence-electron chi connectivity index (χ0n) is 5.39. The molecule has 12 heavy (non-hydrogen) atoms. The van der Waals surface area contributed by atoms with Gasteiger partial charge in [-0.3, -0.25) is 8.78 Å². The minimum Gasteiger partial charge on any atom is -0.280 e. The quantitative estimate of drug-likeness (QED) is 0.225. The molecule has 0 spiro atoms. The Hall–Kier alpha value is 0.134. The molecule has 0 bridgehead atoms. The van der Waals surface area contributed by atoms with E-state index in [-0.39, 0.29) is 21.7 Å². The van der Waals surface area contributed by atoms with Crippen LogP contribution in [0.1, 0.15) is 0 Å². The Labute approximate surface area is 89.0 Å². The Morgan fingerprint density at radius 1 is 0.917 bits per heavy atom. The molecule has 1 rings (SSSR count). The maximum absolute atomic E-state index is 12.3. The molecule has 0 aromatic heterocycles. The van der Waals surface area contributed by atoms with Crippen molar-refractivity contribution in [2.75, 3.05) is 0 Å². The van der Waals surface area contributed by atoms with Crippen molar-refractivity contribution in [2.24, 2.45) is 0 Å². The molecular formula is C6BrF4Ti-. The number of hydrogen-bond donors (Lipinski definition) is 0. The normalized spacial score (nSPS) is 9.42. The molecule has 64 valence electrons. The van der Waals surface area contributed by atoms with Crippen LogP contribution in [0.4, 0.5) is 17.6 Å². The van der Waals surface area contributed by atoms with Crippen LogP contribution in [0.2, 0.25) is 0 Å². The average Bonchev–Trinajstić information content (AvgIpc) is 1.97. The van der Waals surface area contributed by atoms with Crippen molar-refractivity contribution in [3.05, 3.63) is 33.8 Å². The zero-order valence-corrected chi connectivity index (χ0v) is 8.54. The third-order valence-corrected chi connectivity index (χ3v) is 1.69. The van der Waals surface area contributed by atoms with Gasteiger partial charge in [0.25, 0.3) is 0 Å². The largest absolute Gasteiger partial charge is 0.280 e. The van der Waals surface area contributed by atoms with Crippen LogP contribution in [0.3, 0.4) is 0 Å². The summed E-state index contributed by atoms with van der Waals surface area (Å²) in [4.78, 5) is 0. The van der Waals surface area contributed by atoms with E-state index in [1.54, 1.807) is 0 Å². The summed E-state index contributed by atoms with van der Waals surface area (Å²) < 4.78 is 48.1. The van der Waals surface area contributed by atoms with Gasteiger partial charge in [-0.1, -0.05) is 15.9 Å². The Morgan fingerprint density at radius 2 is 1.25 bits per heavy atom. The van der Waals surface area contributed by atoms with E-state index in [1.807, 2.05) is 0 Å². The zero-order chi connectivity index (χ0) is 8.59. The minimum atomic E-state index is -1.55. The third kappa shape index (κ3) is 2.09. The fourth-order valence-corrected chi connectivity index (χ4v) is 0.843. The number of halogens is 5. The smallest absolute Gasteiger partial charge is 0.0602 e. The van der Waals surface area contributed by atoms with Gasteiger partial charge in [-0.15, -0.1) is 6.07 Å². The molecule has 0 amide bonds. The molecule has 1 aromatic carbocycles. The third-order valence-electron chi connectivity index (χ3n) is 0.990. The van der Waals surface area contributed by atoms with E-state index >= 15 is 0 Å². The SMILES string of the molecule is Fc1[c-]c(F)c(F)c(Br)c1F.[Ti]. The van der Waals surface area contributed by atoms with Gasteiger partial charge in [0.1, 0.15) is 0 Å². The van der Waals surface area contributed by atoms with Crippen molar-refractivity contribution < 1.29 is 39.3 Å². The summed E-state index contributed by atoms with van der Waals surface area (Å²) in [6, 6.07) is 1.23. The molecule has 0 aliphatic rings. The summed E-state index contributed by atoms with van der Waals surface area (Å²) in [6.45, 7) is 0. The van der Waals surface area contributed by atoms with E-state index in [1.165, 1.54) is 6.07 Å². The Bertz CT molecular complexity index is 276. The molecule has 6 heteroatoms. The van der Waals surface area contributed by atoms with Gasteiger partial charge in [-0.05, 0) is 4.47 Å². The Balaban J connectivity index is 0.00000121. The monoisotopic (exact) mass is 275 g/mol. The minimum absolute atomic E-state index is 0. The maximum atomic E-state index is 12.3. The van der Waals surface area contributed by atoms with Gasteiger partial charge in [-0.2, -0.15) is 0 Å². The second-order valence-corrected chi connectivity index (χ2v) is 2.49. The van der Waals surface area contributed by atoms with Crippen LogP contribution in [-0.2, 0) is 21.7 Å². The topological polar surface area (TPSA) is 0 Å². The summed E-state index contributed by atoms with van der Waals surface area (Å²) in [5.41, 5.74) is 0. The predicted octanol–water partition coefficient (Wildman–Crippen LogP) is 2.80. The van der Waals surface area contributed by atoms with Crippen molar-refractivity contribution in [2.45, 2.75) is 0 Å². The van der Waals surface area contributed by atoms with Crippen LogP contribution in [-0.4, -0.2) is 0 Å². The van der Waals surface area contributed by atoms with Crippen LogP contribution in [0.15, 0.2) is 4.47 Å².